The van der Waals surface area contributed by atoms with E-state index >= 15 is 0 Å². The Morgan fingerprint density at radius 2 is 2.33 bits per heavy atom. The van der Waals surface area contributed by atoms with Crippen molar-refractivity contribution in [1.82, 2.24) is 15.1 Å². The van der Waals surface area contributed by atoms with Crippen LogP contribution in [0.2, 0.25) is 0 Å². The molecule has 1 amide bonds. The summed E-state index contributed by atoms with van der Waals surface area (Å²) in [5.41, 5.74) is 7.84. The highest BCUT2D eigenvalue weighted by Gasteiger charge is 2.13. The lowest BCUT2D eigenvalue weighted by atomic mass is 10.1. The van der Waals surface area contributed by atoms with Crippen molar-refractivity contribution in [2.24, 2.45) is 0 Å². The first-order valence-electron chi connectivity index (χ1n) is 5.36. The summed E-state index contributed by atoms with van der Waals surface area (Å²) in [6.07, 6.45) is 3.46. The Hall–Kier alpha value is -1.82. The van der Waals surface area contributed by atoms with Crippen molar-refractivity contribution in [1.29, 1.82) is 0 Å². The zero-order valence-electron chi connectivity index (χ0n) is 9.85. The quantitative estimate of drug-likeness (QED) is 0.852. The van der Waals surface area contributed by atoms with Crippen LogP contribution in [-0.4, -0.2) is 28.1 Å². The Labute approximate surface area is 113 Å². The van der Waals surface area contributed by atoms with E-state index in [0.717, 1.165) is 10.0 Å². The van der Waals surface area contributed by atoms with Crippen molar-refractivity contribution >= 4 is 27.5 Å². The highest BCUT2D eigenvalue weighted by molar-refractivity contribution is 9.10. The zero-order valence-corrected chi connectivity index (χ0v) is 11.4. The second kappa shape index (κ2) is 5.22. The number of benzene rings is 1. The number of nitrogen functional groups attached to an aromatic ring is 1. The van der Waals surface area contributed by atoms with Gasteiger partial charge < -0.3 is 10.6 Å². The number of hydrogen-bond donors (Lipinski definition) is 2. The van der Waals surface area contributed by atoms with Crippen LogP contribution < -0.4 is 5.73 Å². The minimum absolute atomic E-state index is 0.0737. The van der Waals surface area contributed by atoms with Crippen LogP contribution in [0, 0.1) is 0 Å². The summed E-state index contributed by atoms with van der Waals surface area (Å²) in [6.45, 7) is 0.505. The Morgan fingerprint density at radius 3 is 2.94 bits per heavy atom. The molecule has 0 bridgehead atoms. The van der Waals surface area contributed by atoms with Crippen LogP contribution in [0.3, 0.4) is 0 Å². The van der Waals surface area contributed by atoms with Gasteiger partial charge in [-0.05, 0) is 34.1 Å². The van der Waals surface area contributed by atoms with Crippen molar-refractivity contribution in [2.75, 3.05) is 12.8 Å². The van der Waals surface area contributed by atoms with Crippen LogP contribution in [0.1, 0.15) is 15.9 Å². The molecule has 2 aromatic rings. The maximum Gasteiger partial charge on any atom is 0.253 e. The van der Waals surface area contributed by atoms with E-state index in [2.05, 4.69) is 26.1 Å². The fourth-order valence-corrected chi connectivity index (χ4v) is 1.85. The third kappa shape index (κ3) is 2.70. The van der Waals surface area contributed by atoms with Gasteiger partial charge in [-0.15, -0.1) is 0 Å². The molecule has 18 heavy (non-hydrogen) atoms. The number of amides is 1. The molecule has 0 radical (unpaired) electrons. The first-order chi connectivity index (χ1) is 8.58. The Balaban J connectivity index is 2.12. The summed E-state index contributed by atoms with van der Waals surface area (Å²) in [5, 5.41) is 6.56. The predicted octanol–water partition coefficient (Wildman–Crippen LogP) is 2.03. The third-order valence-corrected chi connectivity index (χ3v) is 3.29. The number of aromatic amines is 1. The Bertz CT molecular complexity index is 553. The van der Waals surface area contributed by atoms with Gasteiger partial charge >= 0.3 is 0 Å². The molecule has 0 fully saturated rings. The number of hydrogen-bond acceptors (Lipinski definition) is 3. The van der Waals surface area contributed by atoms with E-state index < -0.39 is 0 Å². The smallest absolute Gasteiger partial charge is 0.253 e. The fourth-order valence-electron chi connectivity index (χ4n) is 1.61. The van der Waals surface area contributed by atoms with Crippen molar-refractivity contribution in [3.05, 3.63) is 46.2 Å². The predicted molar refractivity (Wildman–Crippen MR) is 72.9 cm³/mol. The first-order valence-corrected chi connectivity index (χ1v) is 6.15. The third-order valence-electron chi connectivity index (χ3n) is 2.56. The lowest BCUT2D eigenvalue weighted by Gasteiger charge is -2.16. The lowest BCUT2D eigenvalue weighted by Crippen LogP contribution is -2.26. The highest BCUT2D eigenvalue weighted by Crippen LogP contribution is 2.21. The van der Waals surface area contributed by atoms with E-state index in [1.807, 2.05) is 0 Å². The van der Waals surface area contributed by atoms with Gasteiger partial charge in [0.25, 0.3) is 5.91 Å². The van der Waals surface area contributed by atoms with Crippen molar-refractivity contribution in [2.45, 2.75) is 6.54 Å². The number of carbonyl (C=O) groups is 1. The molecule has 0 saturated heterocycles. The minimum atomic E-state index is -0.0737. The molecule has 94 valence electrons. The van der Waals surface area contributed by atoms with Gasteiger partial charge in [-0.1, -0.05) is 0 Å². The number of halogens is 1. The summed E-state index contributed by atoms with van der Waals surface area (Å²) in [5.74, 6) is -0.0737. The van der Waals surface area contributed by atoms with Crippen LogP contribution in [0.4, 0.5) is 5.69 Å². The molecule has 0 spiro atoms. The number of nitrogens with two attached hydrogens (primary N) is 1. The maximum atomic E-state index is 12.2. The lowest BCUT2D eigenvalue weighted by molar-refractivity contribution is 0.0785. The van der Waals surface area contributed by atoms with Gasteiger partial charge in [-0.2, -0.15) is 5.10 Å². The van der Waals surface area contributed by atoms with Crippen LogP contribution in [0.25, 0.3) is 0 Å². The second-order valence-electron chi connectivity index (χ2n) is 4.00. The zero-order chi connectivity index (χ0) is 13.1. The van der Waals surface area contributed by atoms with E-state index in [9.17, 15) is 4.79 Å². The summed E-state index contributed by atoms with van der Waals surface area (Å²) in [7, 11) is 1.74. The van der Waals surface area contributed by atoms with Gasteiger partial charge in [0.15, 0.2) is 0 Å². The first kappa shape index (κ1) is 12.6. The number of nitrogens with zero attached hydrogens (tertiary/aromatic N) is 2. The molecule has 2 rings (SSSR count). The molecule has 3 N–H and O–H groups in total. The summed E-state index contributed by atoms with van der Waals surface area (Å²) >= 11 is 3.30. The molecule has 1 aromatic heterocycles. The summed E-state index contributed by atoms with van der Waals surface area (Å²) in [4.78, 5) is 13.8. The molecule has 0 aliphatic rings. The average Bonchev–Trinajstić information content (AvgIpc) is 2.84. The summed E-state index contributed by atoms with van der Waals surface area (Å²) in [6, 6.07) is 5.18. The number of aromatic nitrogens is 2. The standard InChI is InChI=1S/C12H13BrN4O/c1-17(7-8-5-15-16-6-8)12(18)9-2-3-10(13)11(14)4-9/h2-6H,7,14H2,1H3,(H,15,16). The van der Waals surface area contributed by atoms with E-state index in [-0.39, 0.29) is 5.91 Å². The van der Waals surface area contributed by atoms with Gasteiger partial charge in [-0.3, -0.25) is 9.89 Å². The maximum absolute atomic E-state index is 12.2. The summed E-state index contributed by atoms with van der Waals surface area (Å²) < 4.78 is 0.788. The van der Waals surface area contributed by atoms with Gasteiger partial charge in [0.2, 0.25) is 0 Å². The van der Waals surface area contributed by atoms with Crippen molar-refractivity contribution in [3.63, 3.8) is 0 Å². The number of anilines is 1. The number of carbonyl (C=O) groups excluding carboxylic acids is 1. The molecular weight excluding hydrogens is 296 g/mol. The highest BCUT2D eigenvalue weighted by atomic mass is 79.9. The van der Waals surface area contributed by atoms with Gasteiger partial charge in [0.1, 0.15) is 0 Å². The number of H-pyrrole nitrogens is 1. The largest absolute Gasteiger partial charge is 0.398 e. The van der Waals surface area contributed by atoms with Crippen LogP contribution in [0.15, 0.2) is 35.1 Å². The van der Waals surface area contributed by atoms with Gasteiger partial charge in [0, 0.05) is 41.1 Å². The number of rotatable bonds is 3. The Morgan fingerprint density at radius 1 is 1.56 bits per heavy atom. The number of nitrogens with one attached hydrogen (secondary N) is 1. The van der Waals surface area contributed by atoms with E-state index in [0.29, 0.717) is 17.8 Å². The van der Waals surface area contributed by atoms with Crippen molar-refractivity contribution < 1.29 is 4.79 Å². The van der Waals surface area contributed by atoms with E-state index in [1.165, 1.54) is 0 Å². The normalized spacial score (nSPS) is 10.3. The Kier molecular flexibility index (Phi) is 3.66. The van der Waals surface area contributed by atoms with Crippen LogP contribution in [0.5, 0.6) is 0 Å². The molecule has 1 aromatic carbocycles. The molecule has 0 atom stereocenters. The molecule has 0 aliphatic heterocycles. The molecular formula is C12H13BrN4O. The molecule has 5 nitrogen and oxygen atoms in total. The second-order valence-corrected chi connectivity index (χ2v) is 4.86. The van der Waals surface area contributed by atoms with Crippen LogP contribution >= 0.6 is 15.9 Å². The molecule has 0 unspecified atom stereocenters. The van der Waals surface area contributed by atoms with E-state index in [1.54, 1.807) is 42.5 Å². The molecule has 0 aliphatic carbocycles. The fraction of sp³-hybridized carbons (Fsp3) is 0.167. The minimum Gasteiger partial charge on any atom is -0.398 e. The monoisotopic (exact) mass is 308 g/mol. The van der Waals surface area contributed by atoms with Gasteiger partial charge in [0.05, 0.1) is 6.20 Å². The molecule has 1 heterocycles. The average molecular weight is 309 g/mol. The SMILES string of the molecule is CN(Cc1cn[nH]c1)C(=O)c1ccc(Br)c(N)c1. The van der Waals surface area contributed by atoms with Crippen LogP contribution in [-0.2, 0) is 6.54 Å². The molecule has 6 heteroatoms. The topological polar surface area (TPSA) is 75.0 Å². The van der Waals surface area contributed by atoms with Gasteiger partial charge in [-0.25, -0.2) is 0 Å². The van der Waals surface area contributed by atoms with Crippen molar-refractivity contribution in [3.8, 4) is 0 Å². The van der Waals surface area contributed by atoms with E-state index in [4.69, 9.17) is 5.73 Å². The molecule has 0 saturated carbocycles.